The van der Waals surface area contributed by atoms with E-state index in [0.29, 0.717) is 41.9 Å². The zero-order valence-electron chi connectivity index (χ0n) is 17.6. The summed E-state index contributed by atoms with van der Waals surface area (Å²) in [6, 6.07) is 15.6. The molecule has 2 aromatic carbocycles. The lowest BCUT2D eigenvalue weighted by atomic mass is 10.1. The number of hydrogen-bond acceptors (Lipinski definition) is 4. The Morgan fingerprint density at radius 3 is 2.67 bits per heavy atom. The molecule has 1 N–H and O–H groups in total. The third-order valence-electron chi connectivity index (χ3n) is 5.51. The van der Waals surface area contributed by atoms with E-state index in [1.165, 1.54) is 5.56 Å². The van der Waals surface area contributed by atoms with Gasteiger partial charge in [0, 0.05) is 44.7 Å². The van der Waals surface area contributed by atoms with Crippen molar-refractivity contribution in [2.45, 2.75) is 33.4 Å². The van der Waals surface area contributed by atoms with Crippen molar-refractivity contribution >= 4 is 16.8 Å². The molecule has 6 nitrogen and oxygen atoms in total. The number of fused-ring (bicyclic) bond motifs is 2. The van der Waals surface area contributed by atoms with Gasteiger partial charge in [-0.2, -0.15) is 0 Å². The van der Waals surface area contributed by atoms with E-state index >= 15 is 0 Å². The number of nitrogens with one attached hydrogen (secondary N) is 1. The van der Waals surface area contributed by atoms with Crippen LogP contribution < -0.4 is 10.9 Å². The molecular formula is C24H28N4O2. The van der Waals surface area contributed by atoms with Gasteiger partial charge in [-0.1, -0.05) is 44.2 Å². The van der Waals surface area contributed by atoms with Gasteiger partial charge in [0.05, 0.1) is 10.9 Å². The molecule has 3 aromatic rings. The molecule has 0 saturated carbocycles. The first-order valence-corrected chi connectivity index (χ1v) is 10.6. The minimum Gasteiger partial charge on any atom is -0.352 e. The highest BCUT2D eigenvalue weighted by molar-refractivity contribution is 5.97. The SMILES string of the molecule is CC(C)CNC(=O)c1ccc2c(=O)n3c(nc2c1)CCN(Cc1ccccc1)CC3. The Balaban J connectivity index is 1.57. The Bertz CT molecular complexity index is 1110. The van der Waals surface area contributed by atoms with Gasteiger partial charge in [-0.15, -0.1) is 0 Å². The lowest BCUT2D eigenvalue weighted by Crippen LogP contribution is -2.29. The van der Waals surface area contributed by atoms with Crippen LogP contribution in [0.4, 0.5) is 0 Å². The summed E-state index contributed by atoms with van der Waals surface area (Å²) in [5, 5.41) is 3.49. The largest absolute Gasteiger partial charge is 0.352 e. The number of aromatic nitrogens is 2. The summed E-state index contributed by atoms with van der Waals surface area (Å²) in [5.74, 6) is 1.05. The molecule has 0 radical (unpaired) electrons. The van der Waals surface area contributed by atoms with E-state index in [9.17, 15) is 9.59 Å². The standard InChI is InChI=1S/C24H28N4O2/c1-17(2)15-25-23(29)19-8-9-20-21(14-19)26-22-10-11-27(12-13-28(22)24(20)30)16-18-6-4-3-5-7-18/h3-9,14,17H,10-13,15-16H2,1-2H3,(H,25,29). The van der Waals surface area contributed by atoms with E-state index in [-0.39, 0.29) is 11.5 Å². The molecule has 0 atom stereocenters. The van der Waals surface area contributed by atoms with Gasteiger partial charge in [-0.3, -0.25) is 19.1 Å². The number of benzene rings is 2. The highest BCUT2D eigenvalue weighted by atomic mass is 16.1. The van der Waals surface area contributed by atoms with Gasteiger partial charge in [0.15, 0.2) is 0 Å². The molecule has 1 amide bonds. The molecule has 1 aliphatic heterocycles. The Morgan fingerprint density at radius 1 is 1.10 bits per heavy atom. The first-order chi connectivity index (χ1) is 14.5. The van der Waals surface area contributed by atoms with Crippen LogP contribution in [0, 0.1) is 5.92 Å². The third kappa shape index (κ3) is 4.44. The van der Waals surface area contributed by atoms with Crippen molar-refractivity contribution in [2.24, 2.45) is 5.92 Å². The second kappa shape index (κ2) is 8.79. The van der Waals surface area contributed by atoms with Crippen LogP contribution in [0.15, 0.2) is 53.3 Å². The maximum Gasteiger partial charge on any atom is 0.261 e. The summed E-state index contributed by atoms with van der Waals surface area (Å²) in [5.41, 5.74) is 2.39. The van der Waals surface area contributed by atoms with Crippen molar-refractivity contribution in [3.05, 3.63) is 75.8 Å². The Morgan fingerprint density at radius 2 is 1.90 bits per heavy atom. The number of hydrogen-bond donors (Lipinski definition) is 1. The fraction of sp³-hybridized carbons (Fsp3) is 0.375. The topological polar surface area (TPSA) is 67.2 Å². The molecule has 2 heterocycles. The molecule has 0 bridgehead atoms. The molecule has 0 unspecified atom stereocenters. The Hall–Kier alpha value is -2.99. The van der Waals surface area contributed by atoms with Crippen LogP contribution in [0.3, 0.4) is 0 Å². The van der Waals surface area contributed by atoms with Crippen molar-refractivity contribution in [2.75, 3.05) is 19.6 Å². The average molecular weight is 405 g/mol. The normalized spacial score (nSPS) is 14.5. The van der Waals surface area contributed by atoms with Crippen LogP contribution in [-0.2, 0) is 19.5 Å². The highest BCUT2D eigenvalue weighted by Crippen LogP contribution is 2.15. The van der Waals surface area contributed by atoms with E-state index in [2.05, 4.69) is 48.3 Å². The summed E-state index contributed by atoms with van der Waals surface area (Å²) < 4.78 is 1.80. The van der Waals surface area contributed by atoms with Crippen molar-refractivity contribution in [3.8, 4) is 0 Å². The van der Waals surface area contributed by atoms with Gasteiger partial charge >= 0.3 is 0 Å². The quantitative estimate of drug-likeness (QED) is 0.710. The molecule has 6 heteroatoms. The molecule has 0 aliphatic carbocycles. The lowest BCUT2D eigenvalue weighted by Gasteiger charge is -2.19. The van der Waals surface area contributed by atoms with Crippen LogP contribution in [0.5, 0.6) is 0 Å². The van der Waals surface area contributed by atoms with Gasteiger partial charge < -0.3 is 5.32 Å². The minimum absolute atomic E-state index is 0.0225. The summed E-state index contributed by atoms with van der Waals surface area (Å²) >= 11 is 0. The molecule has 1 aliphatic rings. The molecule has 0 fully saturated rings. The van der Waals surface area contributed by atoms with E-state index in [4.69, 9.17) is 4.98 Å². The first kappa shape index (κ1) is 20.3. The maximum absolute atomic E-state index is 13.1. The number of amides is 1. The third-order valence-corrected chi connectivity index (χ3v) is 5.51. The van der Waals surface area contributed by atoms with Crippen LogP contribution in [0.2, 0.25) is 0 Å². The van der Waals surface area contributed by atoms with Crippen LogP contribution in [-0.4, -0.2) is 40.0 Å². The molecule has 30 heavy (non-hydrogen) atoms. The molecule has 0 spiro atoms. The average Bonchev–Trinajstić information content (AvgIpc) is 2.95. The van der Waals surface area contributed by atoms with E-state index in [0.717, 1.165) is 25.5 Å². The smallest absolute Gasteiger partial charge is 0.261 e. The second-order valence-electron chi connectivity index (χ2n) is 8.33. The monoisotopic (exact) mass is 404 g/mol. The van der Waals surface area contributed by atoms with Crippen LogP contribution in [0.1, 0.15) is 35.6 Å². The predicted molar refractivity (Wildman–Crippen MR) is 119 cm³/mol. The first-order valence-electron chi connectivity index (χ1n) is 10.6. The van der Waals surface area contributed by atoms with Gasteiger partial charge in [0.2, 0.25) is 0 Å². The maximum atomic E-state index is 13.1. The number of nitrogens with zero attached hydrogens (tertiary/aromatic N) is 3. The lowest BCUT2D eigenvalue weighted by molar-refractivity contribution is 0.0949. The fourth-order valence-corrected chi connectivity index (χ4v) is 3.84. The van der Waals surface area contributed by atoms with Crippen molar-refractivity contribution in [3.63, 3.8) is 0 Å². The summed E-state index contributed by atoms with van der Waals surface area (Å²) in [7, 11) is 0. The minimum atomic E-state index is -0.128. The molecule has 1 aromatic heterocycles. The van der Waals surface area contributed by atoms with Crippen molar-refractivity contribution < 1.29 is 4.79 Å². The Labute approximate surface area is 176 Å². The number of carbonyl (C=O) groups excluding carboxylic acids is 1. The predicted octanol–water partition coefficient (Wildman–Crippen LogP) is 2.84. The van der Waals surface area contributed by atoms with Crippen molar-refractivity contribution in [1.82, 2.24) is 19.8 Å². The number of rotatable bonds is 5. The second-order valence-corrected chi connectivity index (χ2v) is 8.33. The van der Waals surface area contributed by atoms with E-state index in [1.807, 2.05) is 6.07 Å². The Kier molecular flexibility index (Phi) is 5.95. The summed E-state index contributed by atoms with van der Waals surface area (Å²) in [6.45, 7) is 7.88. The summed E-state index contributed by atoms with van der Waals surface area (Å²) in [6.07, 6.45) is 0.710. The van der Waals surface area contributed by atoms with Crippen LogP contribution >= 0.6 is 0 Å². The van der Waals surface area contributed by atoms with E-state index in [1.54, 1.807) is 22.8 Å². The zero-order valence-corrected chi connectivity index (χ0v) is 17.6. The molecule has 0 saturated heterocycles. The van der Waals surface area contributed by atoms with Gasteiger partial charge in [0.1, 0.15) is 5.82 Å². The van der Waals surface area contributed by atoms with Gasteiger partial charge in [-0.25, -0.2) is 4.98 Å². The summed E-state index contributed by atoms with van der Waals surface area (Å²) in [4.78, 5) is 32.6. The zero-order chi connectivity index (χ0) is 21.1. The molecular weight excluding hydrogens is 376 g/mol. The highest BCUT2D eigenvalue weighted by Gasteiger charge is 2.18. The van der Waals surface area contributed by atoms with Crippen LogP contribution in [0.25, 0.3) is 10.9 Å². The van der Waals surface area contributed by atoms with E-state index < -0.39 is 0 Å². The molecule has 4 rings (SSSR count). The van der Waals surface area contributed by atoms with Gasteiger partial charge in [-0.05, 0) is 29.7 Å². The van der Waals surface area contributed by atoms with Gasteiger partial charge in [0.25, 0.3) is 11.5 Å². The fourth-order valence-electron chi connectivity index (χ4n) is 3.84. The molecule has 156 valence electrons. The van der Waals surface area contributed by atoms with Crippen molar-refractivity contribution in [1.29, 1.82) is 0 Å². The number of carbonyl (C=O) groups is 1.